The summed E-state index contributed by atoms with van der Waals surface area (Å²) in [5.74, 6) is -0.879. The van der Waals surface area contributed by atoms with E-state index in [1.807, 2.05) is 19.2 Å². The van der Waals surface area contributed by atoms with Crippen molar-refractivity contribution in [2.45, 2.75) is 26.4 Å². The van der Waals surface area contributed by atoms with Gasteiger partial charge in [0.2, 0.25) is 0 Å². The molecule has 0 spiro atoms. The van der Waals surface area contributed by atoms with E-state index in [-0.39, 0.29) is 0 Å². The largest absolute Gasteiger partial charge is 0.478 e. The van der Waals surface area contributed by atoms with Crippen LogP contribution in [0, 0.1) is 0 Å². The standard InChI is InChI=1S/C15H18N2O2S/c1-3-14-16-12(10-20-14)9-17(2)8-11-6-4-5-7-13(11)15(18)19/h4-7,10H,3,8-9H2,1-2H3,(H,18,19). The first kappa shape index (κ1) is 14.7. The highest BCUT2D eigenvalue weighted by atomic mass is 32.1. The maximum Gasteiger partial charge on any atom is 0.336 e. The van der Waals surface area contributed by atoms with Crippen LogP contribution in [0.4, 0.5) is 0 Å². The molecule has 1 aromatic carbocycles. The second kappa shape index (κ2) is 6.63. The molecule has 5 heteroatoms. The third kappa shape index (κ3) is 3.65. The molecule has 0 unspecified atom stereocenters. The van der Waals surface area contributed by atoms with E-state index < -0.39 is 5.97 Å². The summed E-state index contributed by atoms with van der Waals surface area (Å²) >= 11 is 1.67. The Morgan fingerprint density at radius 1 is 1.35 bits per heavy atom. The quantitative estimate of drug-likeness (QED) is 0.888. The summed E-state index contributed by atoms with van der Waals surface area (Å²) < 4.78 is 0. The number of thiazole rings is 1. The predicted molar refractivity (Wildman–Crippen MR) is 80.1 cm³/mol. The van der Waals surface area contributed by atoms with Crippen LogP contribution in [0.3, 0.4) is 0 Å². The lowest BCUT2D eigenvalue weighted by atomic mass is 10.1. The molecule has 2 rings (SSSR count). The summed E-state index contributed by atoms with van der Waals surface area (Å²) in [6, 6.07) is 7.12. The topological polar surface area (TPSA) is 53.4 Å². The molecule has 0 radical (unpaired) electrons. The molecule has 2 aromatic rings. The van der Waals surface area contributed by atoms with Gasteiger partial charge in [-0.25, -0.2) is 9.78 Å². The molecule has 0 bridgehead atoms. The van der Waals surface area contributed by atoms with Gasteiger partial charge in [-0.2, -0.15) is 0 Å². The van der Waals surface area contributed by atoms with E-state index in [1.54, 1.807) is 23.5 Å². The number of nitrogens with zero attached hydrogens (tertiary/aromatic N) is 2. The second-order valence-electron chi connectivity index (χ2n) is 4.72. The summed E-state index contributed by atoms with van der Waals surface area (Å²) in [7, 11) is 1.98. The summed E-state index contributed by atoms with van der Waals surface area (Å²) in [4.78, 5) is 17.8. The Balaban J connectivity index is 2.04. The van der Waals surface area contributed by atoms with Crippen LogP contribution >= 0.6 is 11.3 Å². The monoisotopic (exact) mass is 290 g/mol. The number of benzene rings is 1. The average molecular weight is 290 g/mol. The number of hydrogen-bond donors (Lipinski definition) is 1. The van der Waals surface area contributed by atoms with Crippen molar-refractivity contribution in [1.82, 2.24) is 9.88 Å². The zero-order valence-corrected chi connectivity index (χ0v) is 12.5. The maximum atomic E-state index is 11.2. The number of rotatable bonds is 6. The minimum Gasteiger partial charge on any atom is -0.478 e. The molecule has 1 aromatic heterocycles. The average Bonchev–Trinajstić information content (AvgIpc) is 2.86. The molecule has 0 atom stereocenters. The number of carbonyl (C=O) groups is 1. The third-order valence-corrected chi connectivity index (χ3v) is 4.06. The van der Waals surface area contributed by atoms with E-state index in [0.29, 0.717) is 12.1 Å². The SMILES string of the molecule is CCc1nc(CN(C)Cc2ccccc2C(=O)O)cs1. The van der Waals surface area contributed by atoms with Gasteiger partial charge >= 0.3 is 5.97 Å². The van der Waals surface area contributed by atoms with Gasteiger partial charge in [0.1, 0.15) is 0 Å². The third-order valence-electron chi connectivity index (χ3n) is 3.02. The van der Waals surface area contributed by atoms with Crippen LogP contribution in [0.1, 0.15) is 33.5 Å². The molecular weight excluding hydrogens is 272 g/mol. The van der Waals surface area contributed by atoms with E-state index in [2.05, 4.69) is 22.2 Å². The molecule has 0 aliphatic rings. The Kier molecular flexibility index (Phi) is 4.87. The normalized spacial score (nSPS) is 10.9. The predicted octanol–water partition coefficient (Wildman–Crippen LogP) is 3.04. The first-order chi connectivity index (χ1) is 9.60. The van der Waals surface area contributed by atoms with Gasteiger partial charge in [0.05, 0.1) is 16.3 Å². The van der Waals surface area contributed by atoms with E-state index in [4.69, 9.17) is 0 Å². The Bertz CT molecular complexity index is 595. The van der Waals surface area contributed by atoms with Crippen LogP contribution in [0.5, 0.6) is 0 Å². The zero-order chi connectivity index (χ0) is 14.5. The molecule has 0 saturated carbocycles. The molecule has 0 fully saturated rings. The number of aromatic carboxylic acids is 1. The van der Waals surface area contributed by atoms with E-state index in [0.717, 1.165) is 29.2 Å². The minimum atomic E-state index is -0.879. The lowest BCUT2D eigenvalue weighted by Gasteiger charge is -2.16. The van der Waals surface area contributed by atoms with Gasteiger partial charge in [0, 0.05) is 18.5 Å². The number of carboxylic acids is 1. The summed E-state index contributed by atoms with van der Waals surface area (Å²) in [6.45, 7) is 3.42. The van der Waals surface area contributed by atoms with Gasteiger partial charge in [0.15, 0.2) is 0 Å². The van der Waals surface area contributed by atoms with Crippen molar-refractivity contribution in [2.24, 2.45) is 0 Å². The fourth-order valence-electron chi connectivity index (χ4n) is 2.07. The molecular formula is C15H18N2O2S. The van der Waals surface area contributed by atoms with Crippen LogP contribution < -0.4 is 0 Å². The van der Waals surface area contributed by atoms with Crippen molar-refractivity contribution in [2.75, 3.05) is 7.05 Å². The van der Waals surface area contributed by atoms with E-state index in [1.165, 1.54) is 0 Å². The lowest BCUT2D eigenvalue weighted by molar-refractivity contribution is 0.0694. The van der Waals surface area contributed by atoms with Gasteiger partial charge in [0.25, 0.3) is 0 Å². The highest BCUT2D eigenvalue weighted by molar-refractivity contribution is 7.09. The molecule has 1 heterocycles. The van der Waals surface area contributed by atoms with Crippen LogP contribution in [-0.2, 0) is 19.5 Å². The van der Waals surface area contributed by atoms with Crippen LogP contribution in [-0.4, -0.2) is 28.0 Å². The van der Waals surface area contributed by atoms with Crippen molar-refractivity contribution in [3.63, 3.8) is 0 Å². The van der Waals surface area contributed by atoms with Crippen LogP contribution in [0.25, 0.3) is 0 Å². The van der Waals surface area contributed by atoms with Crippen LogP contribution in [0.2, 0.25) is 0 Å². The molecule has 0 aliphatic carbocycles. The van der Waals surface area contributed by atoms with Gasteiger partial charge in [-0.05, 0) is 25.1 Å². The van der Waals surface area contributed by atoms with Crippen molar-refractivity contribution < 1.29 is 9.90 Å². The van der Waals surface area contributed by atoms with E-state index >= 15 is 0 Å². The highest BCUT2D eigenvalue weighted by Gasteiger charge is 2.11. The first-order valence-electron chi connectivity index (χ1n) is 6.53. The van der Waals surface area contributed by atoms with Crippen molar-refractivity contribution in [3.8, 4) is 0 Å². The highest BCUT2D eigenvalue weighted by Crippen LogP contribution is 2.15. The Hall–Kier alpha value is -1.72. The Morgan fingerprint density at radius 3 is 2.75 bits per heavy atom. The van der Waals surface area contributed by atoms with Crippen LogP contribution in [0.15, 0.2) is 29.6 Å². The molecule has 4 nitrogen and oxygen atoms in total. The number of hydrogen-bond acceptors (Lipinski definition) is 4. The molecule has 20 heavy (non-hydrogen) atoms. The minimum absolute atomic E-state index is 0.367. The van der Waals surface area contributed by atoms with Crippen molar-refractivity contribution in [3.05, 3.63) is 51.5 Å². The lowest BCUT2D eigenvalue weighted by Crippen LogP contribution is -2.19. The number of carboxylic acid groups (broad SMARTS) is 1. The second-order valence-corrected chi connectivity index (χ2v) is 5.66. The fraction of sp³-hybridized carbons (Fsp3) is 0.333. The van der Waals surface area contributed by atoms with Gasteiger partial charge < -0.3 is 5.11 Å². The van der Waals surface area contributed by atoms with Crippen molar-refractivity contribution in [1.29, 1.82) is 0 Å². The first-order valence-corrected chi connectivity index (χ1v) is 7.41. The molecule has 106 valence electrons. The van der Waals surface area contributed by atoms with Crippen molar-refractivity contribution >= 4 is 17.3 Å². The Labute approximate surface area is 122 Å². The summed E-state index contributed by atoms with van der Waals surface area (Å²) in [6.07, 6.45) is 0.955. The maximum absolute atomic E-state index is 11.2. The molecule has 0 amide bonds. The molecule has 0 saturated heterocycles. The smallest absolute Gasteiger partial charge is 0.336 e. The zero-order valence-electron chi connectivity index (χ0n) is 11.7. The van der Waals surface area contributed by atoms with Gasteiger partial charge in [-0.3, -0.25) is 4.90 Å². The van der Waals surface area contributed by atoms with Gasteiger partial charge in [-0.1, -0.05) is 25.1 Å². The number of aryl methyl sites for hydroxylation is 1. The summed E-state index contributed by atoms with van der Waals surface area (Å²) in [5, 5.41) is 12.4. The molecule has 1 N–H and O–H groups in total. The van der Waals surface area contributed by atoms with Gasteiger partial charge in [-0.15, -0.1) is 11.3 Å². The Morgan fingerprint density at radius 2 is 2.10 bits per heavy atom. The molecule has 0 aliphatic heterocycles. The fourth-order valence-corrected chi connectivity index (χ4v) is 2.81. The number of aromatic nitrogens is 1. The van der Waals surface area contributed by atoms with E-state index in [9.17, 15) is 9.90 Å². The summed E-state index contributed by atoms with van der Waals surface area (Å²) in [5.41, 5.74) is 2.24.